The molecule has 0 spiro atoms. The standard InChI is InChI=1S/C27H22FN3OS/c1-18-7-13-22(14-8-18)29-27-30(2)26(32)25(33-27)15-20-17-31(24-6-4-3-5-23(20)24)16-19-9-11-21(28)12-10-19/h3-15,17H,16H2,1-2H3/b25-15+,29-27?. The zero-order valence-corrected chi connectivity index (χ0v) is 19.1. The van der Waals surface area contributed by atoms with Crippen molar-refractivity contribution in [2.24, 2.45) is 4.99 Å². The van der Waals surface area contributed by atoms with Crippen LogP contribution in [-0.2, 0) is 11.3 Å². The Morgan fingerprint density at radius 1 is 1.00 bits per heavy atom. The Bertz CT molecular complexity index is 1400. The van der Waals surface area contributed by atoms with Gasteiger partial charge in [0.15, 0.2) is 5.17 Å². The summed E-state index contributed by atoms with van der Waals surface area (Å²) in [4.78, 5) is 19.8. The molecule has 1 aliphatic rings. The highest BCUT2D eigenvalue weighted by atomic mass is 32.2. The van der Waals surface area contributed by atoms with Crippen molar-refractivity contribution in [3.05, 3.63) is 106 Å². The fourth-order valence-corrected chi connectivity index (χ4v) is 4.81. The lowest BCUT2D eigenvalue weighted by atomic mass is 10.1. The molecular formula is C27H22FN3OS. The molecule has 0 aliphatic carbocycles. The highest BCUT2D eigenvalue weighted by Gasteiger charge is 2.30. The van der Waals surface area contributed by atoms with E-state index >= 15 is 0 Å². The number of aliphatic imine (C=N–C) groups is 1. The highest BCUT2D eigenvalue weighted by Crippen LogP contribution is 2.35. The zero-order valence-electron chi connectivity index (χ0n) is 18.3. The van der Waals surface area contributed by atoms with Crippen molar-refractivity contribution in [2.45, 2.75) is 13.5 Å². The third-order valence-electron chi connectivity index (χ3n) is 5.63. The predicted molar refractivity (Wildman–Crippen MR) is 134 cm³/mol. The highest BCUT2D eigenvalue weighted by molar-refractivity contribution is 8.18. The molecule has 5 rings (SSSR count). The van der Waals surface area contributed by atoms with E-state index in [4.69, 9.17) is 0 Å². The first-order valence-electron chi connectivity index (χ1n) is 10.6. The fourth-order valence-electron chi connectivity index (χ4n) is 3.83. The lowest BCUT2D eigenvalue weighted by Crippen LogP contribution is -2.23. The second kappa shape index (κ2) is 8.71. The third-order valence-corrected chi connectivity index (χ3v) is 6.69. The molecule has 33 heavy (non-hydrogen) atoms. The van der Waals surface area contributed by atoms with Crippen LogP contribution in [0.5, 0.6) is 0 Å². The first-order valence-corrected chi connectivity index (χ1v) is 11.4. The average Bonchev–Trinajstić information content (AvgIpc) is 3.29. The molecule has 0 radical (unpaired) electrons. The molecule has 0 unspecified atom stereocenters. The van der Waals surface area contributed by atoms with Gasteiger partial charge in [0.05, 0.1) is 10.6 Å². The van der Waals surface area contributed by atoms with Crippen molar-refractivity contribution >= 4 is 45.5 Å². The van der Waals surface area contributed by atoms with Gasteiger partial charge in [-0.25, -0.2) is 9.38 Å². The number of para-hydroxylation sites is 1. The van der Waals surface area contributed by atoms with Crippen LogP contribution < -0.4 is 0 Å². The minimum absolute atomic E-state index is 0.0683. The smallest absolute Gasteiger partial charge is 0.266 e. The number of amides is 1. The Morgan fingerprint density at radius 3 is 2.48 bits per heavy atom. The van der Waals surface area contributed by atoms with Crippen LogP contribution in [0.3, 0.4) is 0 Å². The normalized spacial score (nSPS) is 16.5. The topological polar surface area (TPSA) is 37.6 Å². The summed E-state index contributed by atoms with van der Waals surface area (Å²) in [6.45, 7) is 2.65. The molecule has 1 amide bonds. The van der Waals surface area contributed by atoms with Crippen molar-refractivity contribution in [1.29, 1.82) is 0 Å². The third kappa shape index (κ3) is 4.34. The number of halogens is 1. The summed E-state index contributed by atoms with van der Waals surface area (Å²) in [5.74, 6) is -0.313. The predicted octanol–water partition coefficient (Wildman–Crippen LogP) is 6.37. The summed E-state index contributed by atoms with van der Waals surface area (Å²) >= 11 is 1.38. The van der Waals surface area contributed by atoms with Gasteiger partial charge in [-0.2, -0.15) is 0 Å². The van der Waals surface area contributed by atoms with Crippen LogP contribution in [-0.4, -0.2) is 27.6 Å². The molecule has 1 saturated heterocycles. The summed E-state index contributed by atoms with van der Waals surface area (Å²) in [7, 11) is 1.75. The van der Waals surface area contributed by atoms with Gasteiger partial charge in [-0.05, 0) is 60.7 Å². The molecule has 2 heterocycles. The molecule has 3 aromatic carbocycles. The first-order chi connectivity index (χ1) is 16.0. The van der Waals surface area contributed by atoms with Crippen LogP contribution in [0.2, 0.25) is 0 Å². The number of aryl methyl sites for hydroxylation is 1. The Kier molecular flexibility index (Phi) is 5.60. The molecule has 0 saturated carbocycles. The van der Waals surface area contributed by atoms with Crippen molar-refractivity contribution in [2.75, 3.05) is 7.05 Å². The quantitative estimate of drug-likeness (QED) is 0.335. The number of likely N-dealkylation sites (N-methyl/N-ethyl adjacent to an activating group) is 1. The number of rotatable bonds is 4. The van der Waals surface area contributed by atoms with Crippen molar-refractivity contribution in [3.63, 3.8) is 0 Å². The number of carbonyl (C=O) groups is 1. The Morgan fingerprint density at radius 2 is 1.73 bits per heavy atom. The van der Waals surface area contributed by atoms with Gasteiger partial charge in [-0.1, -0.05) is 48.0 Å². The summed E-state index contributed by atoms with van der Waals surface area (Å²) in [5, 5.41) is 1.72. The summed E-state index contributed by atoms with van der Waals surface area (Å²) in [6, 6.07) is 22.5. The molecule has 0 bridgehead atoms. The van der Waals surface area contributed by atoms with Crippen molar-refractivity contribution in [1.82, 2.24) is 9.47 Å². The van der Waals surface area contributed by atoms with Gasteiger partial charge in [0.2, 0.25) is 0 Å². The van der Waals surface area contributed by atoms with Gasteiger partial charge in [-0.15, -0.1) is 0 Å². The Labute approximate surface area is 196 Å². The molecule has 1 fully saturated rings. The van der Waals surface area contributed by atoms with Crippen LogP contribution in [0.1, 0.15) is 16.7 Å². The van der Waals surface area contributed by atoms with E-state index in [1.165, 1.54) is 29.5 Å². The van der Waals surface area contributed by atoms with Crippen LogP contribution in [0.4, 0.5) is 10.1 Å². The second-order valence-electron chi connectivity index (χ2n) is 8.06. The van der Waals surface area contributed by atoms with E-state index in [1.54, 1.807) is 24.1 Å². The molecule has 4 nitrogen and oxygen atoms in total. The number of benzene rings is 3. The molecule has 164 valence electrons. The minimum Gasteiger partial charge on any atom is -0.342 e. The summed E-state index contributed by atoms with van der Waals surface area (Å²) in [6.07, 6.45) is 3.98. The van der Waals surface area contributed by atoms with Gasteiger partial charge in [0.25, 0.3) is 5.91 Å². The van der Waals surface area contributed by atoms with Gasteiger partial charge >= 0.3 is 0 Å². The maximum atomic E-state index is 13.3. The van der Waals surface area contributed by atoms with Crippen molar-refractivity contribution in [3.8, 4) is 0 Å². The average molecular weight is 456 g/mol. The number of thioether (sulfide) groups is 1. The fraction of sp³-hybridized carbons (Fsp3) is 0.111. The van der Waals surface area contributed by atoms with E-state index in [2.05, 4.69) is 21.7 Å². The lowest BCUT2D eigenvalue weighted by molar-refractivity contribution is -0.121. The van der Waals surface area contributed by atoms with E-state index in [-0.39, 0.29) is 11.7 Å². The first kappa shape index (κ1) is 21.2. The van der Waals surface area contributed by atoms with E-state index < -0.39 is 0 Å². The second-order valence-corrected chi connectivity index (χ2v) is 9.07. The zero-order chi connectivity index (χ0) is 22.9. The van der Waals surface area contributed by atoms with Crippen molar-refractivity contribution < 1.29 is 9.18 Å². The summed E-state index contributed by atoms with van der Waals surface area (Å²) < 4.78 is 15.4. The minimum atomic E-state index is -0.245. The number of hydrogen-bond acceptors (Lipinski definition) is 3. The van der Waals surface area contributed by atoms with Gasteiger partial charge in [-0.3, -0.25) is 9.69 Å². The Balaban J connectivity index is 1.49. The maximum Gasteiger partial charge on any atom is 0.266 e. The number of carbonyl (C=O) groups excluding carboxylic acids is 1. The summed E-state index contributed by atoms with van der Waals surface area (Å²) in [5.41, 5.74) is 5.02. The molecular weight excluding hydrogens is 433 g/mol. The van der Waals surface area contributed by atoms with E-state index in [0.717, 1.165) is 27.7 Å². The van der Waals surface area contributed by atoms with E-state index in [1.807, 2.05) is 55.6 Å². The largest absolute Gasteiger partial charge is 0.342 e. The number of fused-ring (bicyclic) bond motifs is 1. The van der Waals surface area contributed by atoms with Gasteiger partial charge < -0.3 is 4.57 Å². The van der Waals surface area contributed by atoms with Gasteiger partial charge in [0, 0.05) is 36.3 Å². The number of aromatic nitrogens is 1. The number of nitrogens with zero attached hydrogens (tertiary/aromatic N) is 3. The van der Waals surface area contributed by atoms with Crippen LogP contribution in [0.15, 0.2) is 88.9 Å². The van der Waals surface area contributed by atoms with Crippen LogP contribution in [0, 0.1) is 12.7 Å². The molecule has 6 heteroatoms. The number of amidine groups is 1. The van der Waals surface area contributed by atoms with Crippen LogP contribution in [0.25, 0.3) is 17.0 Å². The molecule has 0 atom stereocenters. The van der Waals surface area contributed by atoms with E-state index in [0.29, 0.717) is 16.6 Å². The molecule has 1 aliphatic heterocycles. The number of hydrogen-bond donors (Lipinski definition) is 0. The monoisotopic (exact) mass is 455 g/mol. The molecule has 1 aromatic heterocycles. The Hall–Kier alpha value is -3.64. The SMILES string of the molecule is Cc1ccc(N=C2S/C(=C/c3cn(Cc4ccc(F)cc4)c4ccccc34)C(=O)N2C)cc1. The van der Waals surface area contributed by atoms with Gasteiger partial charge in [0.1, 0.15) is 5.82 Å². The maximum absolute atomic E-state index is 13.3. The van der Waals surface area contributed by atoms with E-state index in [9.17, 15) is 9.18 Å². The molecule has 0 N–H and O–H groups in total. The lowest BCUT2D eigenvalue weighted by Gasteiger charge is -2.07. The molecule has 4 aromatic rings. The van der Waals surface area contributed by atoms with Crippen LogP contribution >= 0.6 is 11.8 Å².